The Hall–Kier alpha value is -1.39. The number of nitrogens with two attached hydrogens (primary N) is 1. The van der Waals surface area contributed by atoms with Gasteiger partial charge in [0.25, 0.3) is 0 Å². The highest BCUT2D eigenvalue weighted by molar-refractivity contribution is 5.71. The summed E-state index contributed by atoms with van der Waals surface area (Å²) in [5, 5.41) is 1.36. The lowest BCUT2D eigenvalue weighted by Crippen LogP contribution is -2.31. The lowest BCUT2D eigenvalue weighted by atomic mass is 10.2. The molecule has 0 saturated heterocycles. The Labute approximate surface area is 95.9 Å². The molecule has 1 aromatic carbocycles. The van der Waals surface area contributed by atoms with Crippen LogP contribution in [-0.4, -0.2) is 24.1 Å². The van der Waals surface area contributed by atoms with E-state index in [4.69, 9.17) is 10.6 Å². The average molecular weight is 222 g/mol. The summed E-state index contributed by atoms with van der Waals surface area (Å²) in [6, 6.07) is 9.75. The van der Waals surface area contributed by atoms with Crippen LogP contribution in [0, 0.1) is 0 Å². The highest BCUT2D eigenvalue weighted by atomic mass is 16.7. The standard InChI is InChI=1S/C12H18N2O2/c1-11(15)14(9-5-8-13)16-10-12-6-3-2-4-7-12/h2-4,6-7H,5,8-10,13H2,1H3. The van der Waals surface area contributed by atoms with Crippen molar-refractivity contribution in [3.05, 3.63) is 35.9 Å². The molecule has 0 radical (unpaired) electrons. The van der Waals surface area contributed by atoms with E-state index in [0.717, 1.165) is 12.0 Å². The summed E-state index contributed by atoms with van der Waals surface area (Å²) in [7, 11) is 0. The lowest BCUT2D eigenvalue weighted by Gasteiger charge is -2.19. The Bertz CT molecular complexity index is 314. The largest absolute Gasteiger partial charge is 0.330 e. The maximum atomic E-state index is 11.2. The molecule has 0 bridgehead atoms. The number of hydroxylamine groups is 2. The Balaban J connectivity index is 2.41. The topological polar surface area (TPSA) is 55.6 Å². The van der Waals surface area contributed by atoms with Crippen LogP contribution in [0.15, 0.2) is 30.3 Å². The maximum absolute atomic E-state index is 11.2. The van der Waals surface area contributed by atoms with Crippen LogP contribution in [0.4, 0.5) is 0 Å². The van der Waals surface area contributed by atoms with Crippen molar-refractivity contribution in [3.8, 4) is 0 Å². The molecule has 0 atom stereocenters. The van der Waals surface area contributed by atoms with Gasteiger partial charge < -0.3 is 5.73 Å². The molecular weight excluding hydrogens is 204 g/mol. The molecule has 0 heterocycles. The quantitative estimate of drug-likeness (QED) is 0.738. The summed E-state index contributed by atoms with van der Waals surface area (Å²) in [6.45, 7) is 2.99. The van der Waals surface area contributed by atoms with E-state index in [-0.39, 0.29) is 5.91 Å². The molecule has 0 fully saturated rings. The van der Waals surface area contributed by atoms with Crippen molar-refractivity contribution in [2.75, 3.05) is 13.1 Å². The molecule has 0 aliphatic carbocycles. The van der Waals surface area contributed by atoms with E-state index in [1.54, 1.807) is 0 Å². The summed E-state index contributed by atoms with van der Waals surface area (Å²) >= 11 is 0. The van der Waals surface area contributed by atoms with Gasteiger partial charge in [-0.2, -0.15) is 0 Å². The van der Waals surface area contributed by atoms with Gasteiger partial charge in [-0.05, 0) is 18.5 Å². The van der Waals surface area contributed by atoms with E-state index in [1.165, 1.54) is 12.0 Å². The van der Waals surface area contributed by atoms with Crippen LogP contribution in [-0.2, 0) is 16.2 Å². The Morgan fingerprint density at radius 2 is 2.06 bits per heavy atom. The summed E-state index contributed by atoms with van der Waals surface area (Å²) in [6.07, 6.45) is 0.744. The first-order chi connectivity index (χ1) is 7.74. The molecule has 16 heavy (non-hydrogen) atoms. The number of carbonyl (C=O) groups excluding carboxylic acids is 1. The third kappa shape index (κ3) is 4.42. The molecule has 0 unspecified atom stereocenters. The molecular formula is C12H18N2O2. The van der Waals surface area contributed by atoms with Gasteiger partial charge in [0.05, 0.1) is 0 Å². The molecule has 0 aliphatic rings. The van der Waals surface area contributed by atoms with Gasteiger partial charge in [-0.3, -0.25) is 9.63 Å². The second kappa shape index (κ2) is 6.98. The lowest BCUT2D eigenvalue weighted by molar-refractivity contribution is -0.189. The Morgan fingerprint density at radius 1 is 1.38 bits per heavy atom. The van der Waals surface area contributed by atoms with Crippen molar-refractivity contribution in [2.45, 2.75) is 20.0 Å². The fourth-order valence-electron chi connectivity index (χ4n) is 1.27. The second-order valence-electron chi connectivity index (χ2n) is 3.52. The monoisotopic (exact) mass is 222 g/mol. The summed E-state index contributed by atoms with van der Waals surface area (Å²) in [5.41, 5.74) is 6.43. The van der Waals surface area contributed by atoms with Crippen molar-refractivity contribution in [1.29, 1.82) is 0 Å². The van der Waals surface area contributed by atoms with Gasteiger partial charge in [-0.15, -0.1) is 0 Å². The number of rotatable bonds is 6. The average Bonchev–Trinajstić information content (AvgIpc) is 2.30. The van der Waals surface area contributed by atoms with Crippen LogP contribution in [0.1, 0.15) is 18.9 Å². The van der Waals surface area contributed by atoms with E-state index < -0.39 is 0 Å². The number of benzene rings is 1. The van der Waals surface area contributed by atoms with E-state index in [2.05, 4.69) is 0 Å². The minimum absolute atomic E-state index is 0.0932. The van der Waals surface area contributed by atoms with Gasteiger partial charge >= 0.3 is 0 Å². The van der Waals surface area contributed by atoms with Crippen molar-refractivity contribution in [1.82, 2.24) is 5.06 Å². The third-order valence-electron chi connectivity index (χ3n) is 2.15. The fraction of sp³-hybridized carbons (Fsp3) is 0.417. The number of carbonyl (C=O) groups is 1. The van der Waals surface area contributed by atoms with Gasteiger partial charge in [-0.1, -0.05) is 30.3 Å². The third-order valence-corrected chi connectivity index (χ3v) is 2.15. The van der Waals surface area contributed by atoms with Crippen LogP contribution in [0.5, 0.6) is 0 Å². The van der Waals surface area contributed by atoms with Gasteiger partial charge in [-0.25, -0.2) is 5.06 Å². The molecule has 4 heteroatoms. The Morgan fingerprint density at radius 3 is 2.62 bits per heavy atom. The SMILES string of the molecule is CC(=O)N(CCCN)OCc1ccccc1. The van der Waals surface area contributed by atoms with Crippen molar-refractivity contribution in [3.63, 3.8) is 0 Å². The highest BCUT2D eigenvalue weighted by Gasteiger charge is 2.08. The molecule has 1 aromatic rings. The van der Waals surface area contributed by atoms with Crippen molar-refractivity contribution in [2.24, 2.45) is 5.73 Å². The van der Waals surface area contributed by atoms with Gasteiger partial charge in [0.15, 0.2) is 0 Å². The van der Waals surface area contributed by atoms with E-state index in [0.29, 0.717) is 19.7 Å². The van der Waals surface area contributed by atoms with E-state index in [9.17, 15) is 4.79 Å². The highest BCUT2D eigenvalue weighted by Crippen LogP contribution is 2.03. The normalized spacial score (nSPS) is 10.1. The number of hydrogen-bond acceptors (Lipinski definition) is 3. The van der Waals surface area contributed by atoms with Crippen LogP contribution in [0.25, 0.3) is 0 Å². The first-order valence-electron chi connectivity index (χ1n) is 5.39. The fourth-order valence-corrected chi connectivity index (χ4v) is 1.27. The van der Waals surface area contributed by atoms with Gasteiger partial charge in [0.1, 0.15) is 6.61 Å². The smallest absolute Gasteiger partial charge is 0.243 e. The van der Waals surface area contributed by atoms with Gasteiger partial charge in [0.2, 0.25) is 5.91 Å². The molecule has 0 aromatic heterocycles. The minimum atomic E-state index is -0.0932. The molecule has 88 valence electrons. The van der Waals surface area contributed by atoms with Crippen LogP contribution in [0.2, 0.25) is 0 Å². The number of nitrogens with zero attached hydrogens (tertiary/aromatic N) is 1. The summed E-state index contributed by atoms with van der Waals surface area (Å²) < 4.78 is 0. The van der Waals surface area contributed by atoms with E-state index in [1.807, 2.05) is 30.3 Å². The predicted molar refractivity (Wildman–Crippen MR) is 62.3 cm³/mol. The zero-order valence-corrected chi connectivity index (χ0v) is 9.56. The first-order valence-corrected chi connectivity index (χ1v) is 5.39. The van der Waals surface area contributed by atoms with Gasteiger partial charge in [0, 0.05) is 13.5 Å². The van der Waals surface area contributed by atoms with Crippen LogP contribution >= 0.6 is 0 Å². The van der Waals surface area contributed by atoms with Crippen LogP contribution < -0.4 is 5.73 Å². The molecule has 4 nitrogen and oxygen atoms in total. The van der Waals surface area contributed by atoms with Crippen LogP contribution in [0.3, 0.4) is 0 Å². The molecule has 1 rings (SSSR count). The van der Waals surface area contributed by atoms with Crippen molar-refractivity contribution < 1.29 is 9.63 Å². The summed E-state index contributed by atoms with van der Waals surface area (Å²) in [5.74, 6) is -0.0932. The summed E-state index contributed by atoms with van der Waals surface area (Å²) in [4.78, 5) is 16.7. The first kappa shape index (κ1) is 12.7. The number of amides is 1. The van der Waals surface area contributed by atoms with Crippen molar-refractivity contribution >= 4 is 5.91 Å². The second-order valence-corrected chi connectivity index (χ2v) is 3.52. The predicted octanol–water partition coefficient (Wildman–Crippen LogP) is 1.32. The molecule has 1 amide bonds. The molecule has 0 saturated carbocycles. The number of hydrogen-bond donors (Lipinski definition) is 1. The Kier molecular flexibility index (Phi) is 5.53. The molecule has 2 N–H and O–H groups in total. The van der Waals surface area contributed by atoms with E-state index >= 15 is 0 Å². The maximum Gasteiger partial charge on any atom is 0.243 e. The molecule has 0 spiro atoms. The minimum Gasteiger partial charge on any atom is -0.330 e. The zero-order chi connectivity index (χ0) is 11.8. The zero-order valence-electron chi connectivity index (χ0n) is 9.56. The molecule has 0 aliphatic heterocycles.